The van der Waals surface area contributed by atoms with E-state index in [1.54, 1.807) is 0 Å². The van der Waals surface area contributed by atoms with Gasteiger partial charge in [-0.05, 0) is 24.5 Å². The van der Waals surface area contributed by atoms with Crippen molar-refractivity contribution in [3.63, 3.8) is 0 Å². The quantitative estimate of drug-likeness (QED) is 0.590. The third-order valence-electron chi connectivity index (χ3n) is 2.03. The van der Waals surface area contributed by atoms with Crippen LogP contribution < -0.4 is 0 Å². The van der Waals surface area contributed by atoms with Crippen molar-refractivity contribution in [2.75, 3.05) is 0 Å². The number of nitroso groups, excluding NO2 is 1. The lowest BCUT2D eigenvalue weighted by molar-refractivity contribution is -0.118. The van der Waals surface area contributed by atoms with Crippen LogP contribution in [0.15, 0.2) is 17.3 Å². The minimum atomic E-state index is -1.26. The van der Waals surface area contributed by atoms with Crippen LogP contribution in [0.4, 0.5) is 13.2 Å². The third kappa shape index (κ3) is 3.15. The van der Waals surface area contributed by atoms with Gasteiger partial charge in [-0.2, -0.15) is 0 Å². The minimum absolute atomic E-state index is 0.0300. The van der Waals surface area contributed by atoms with E-state index in [4.69, 9.17) is 0 Å². The van der Waals surface area contributed by atoms with Gasteiger partial charge < -0.3 is 0 Å². The van der Waals surface area contributed by atoms with Crippen LogP contribution in [-0.4, -0.2) is 5.91 Å². The number of amides is 1. The predicted octanol–water partition coefficient (Wildman–Crippen LogP) is 2.72. The Kier molecular flexibility index (Phi) is 4.16. The maximum absolute atomic E-state index is 13.1. The Morgan fingerprint density at radius 3 is 2.38 bits per heavy atom. The summed E-state index contributed by atoms with van der Waals surface area (Å²) in [6, 6.07) is 1.19. The number of halogens is 3. The predicted molar refractivity (Wildman–Crippen MR) is 50.1 cm³/mol. The van der Waals surface area contributed by atoms with Gasteiger partial charge in [-0.15, -0.1) is 4.91 Å². The van der Waals surface area contributed by atoms with Gasteiger partial charge in [0, 0.05) is 17.7 Å². The fourth-order valence-electron chi connectivity index (χ4n) is 1.23. The molecule has 0 aliphatic heterocycles. The molecule has 6 heteroatoms. The minimum Gasteiger partial charge on any atom is -0.269 e. The number of carbonyl (C=O) groups excluding carboxylic acids is 1. The summed E-state index contributed by atoms with van der Waals surface area (Å²) in [5.74, 6) is -4.11. The first-order valence-corrected chi connectivity index (χ1v) is 4.54. The molecule has 0 spiro atoms. The summed E-state index contributed by atoms with van der Waals surface area (Å²) in [4.78, 5) is 20.2. The number of carbonyl (C=O) groups is 1. The zero-order valence-corrected chi connectivity index (χ0v) is 8.17. The molecule has 1 rings (SSSR count). The lowest BCUT2D eigenvalue weighted by Gasteiger charge is -2.02. The highest BCUT2D eigenvalue weighted by atomic mass is 19.2. The number of benzene rings is 1. The van der Waals surface area contributed by atoms with Gasteiger partial charge in [-0.25, -0.2) is 13.2 Å². The molecule has 0 unspecified atom stereocenters. The average molecular weight is 231 g/mol. The molecular formula is C10H8F3NO2. The first-order chi connectivity index (χ1) is 7.54. The second-order valence-corrected chi connectivity index (χ2v) is 3.20. The molecule has 0 aliphatic rings. The first-order valence-electron chi connectivity index (χ1n) is 4.54. The van der Waals surface area contributed by atoms with Gasteiger partial charge in [0.25, 0.3) is 5.91 Å². The normalized spacial score (nSPS) is 10.2. The molecule has 0 atom stereocenters. The molecule has 0 fully saturated rings. The number of rotatable bonds is 4. The summed E-state index contributed by atoms with van der Waals surface area (Å²) in [5.41, 5.74) is -0.0300. The lowest BCUT2D eigenvalue weighted by atomic mass is 10.1. The van der Waals surface area contributed by atoms with Crippen LogP contribution in [0.5, 0.6) is 0 Å². The Morgan fingerprint density at radius 1 is 1.12 bits per heavy atom. The number of hydrogen-bond donors (Lipinski definition) is 0. The Bertz CT molecular complexity index is 421. The van der Waals surface area contributed by atoms with Gasteiger partial charge in [-0.1, -0.05) is 0 Å². The van der Waals surface area contributed by atoms with E-state index in [9.17, 15) is 22.9 Å². The van der Waals surface area contributed by atoms with E-state index in [1.807, 2.05) is 0 Å². The maximum atomic E-state index is 13.1. The van der Waals surface area contributed by atoms with Crippen molar-refractivity contribution in [2.24, 2.45) is 5.18 Å². The van der Waals surface area contributed by atoms with Gasteiger partial charge in [0.15, 0.2) is 11.6 Å². The maximum Gasteiger partial charge on any atom is 0.286 e. The van der Waals surface area contributed by atoms with Crippen LogP contribution in [0.25, 0.3) is 0 Å². The monoisotopic (exact) mass is 231 g/mol. The van der Waals surface area contributed by atoms with Crippen molar-refractivity contribution in [1.29, 1.82) is 0 Å². The van der Waals surface area contributed by atoms with Gasteiger partial charge in [0.05, 0.1) is 0 Å². The first kappa shape index (κ1) is 12.4. The van der Waals surface area contributed by atoms with Crippen LogP contribution in [-0.2, 0) is 11.2 Å². The molecule has 0 saturated carbocycles. The van der Waals surface area contributed by atoms with Crippen LogP contribution in [0.3, 0.4) is 0 Å². The molecule has 0 N–H and O–H groups in total. The zero-order chi connectivity index (χ0) is 12.1. The van der Waals surface area contributed by atoms with Crippen molar-refractivity contribution < 1.29 is 18.0 Å². The Morgan fingerprint density at radius 2 is 1.75 bits per heavy atom. The lowest BCUT2D eigenvalue weighted by Crippen LogP contribution is -1.98. The summed E-state index contributed by atoms with van der Waals surface area (Å²) in [6.45, 7) is 0. The van der Waals surface area contributed by atoms with E-state index < -0.39 is 23.4 Å². The van der Waals surface area contributed by atoms with E-state index in [-0.39, 0.29) is 24.8 Å². The second-order valence-electron chi connectivity index (χ2n) is 3.20. The molecule has 86 valence electrons. The van der Waals surface area contributed by atoms with Crippen molar-refractivity contribution >= 4 is 5.91 Å². The summed E-state index contributed by atoms with van der Waals surface area (Å²) < 4.78 is 38.3. The van der Waals surface area contributed by atoms with E-state index in [0.717, 1.165) is 6.07 Å². The van der Waals surface area contributed by atoms with Crippen LogP contribution >= 0.6 is 0 Å². The molecule has 0 aromatic heterocycles. The molecule has 0 aliphatic carbocycles. The average Bonchev–Trinajstić information content (AvgIpc) is 2.25. The standard InChI is InChI=1S/C10H8F3NO2/c11-7-5-9(13)8(12)4-6(7)2-1-3-10(15)14-16/h4-5H,1-3H2. The Labute approximate surface area is 89.2 Å². The SMILES string of the molecule is O=NC(=O)CCCc1cc(F)c(F)cc1F. The summed E-state index contributed by atoms with van der Waals surface area (Å²) in [5, 5.41) is 2.16. The molecule has 16 heavy (non-hydrogen) atoms. The second kappa shape index (κ2) is 5.39. The van der Waals surface area contributed by atoms with Gasteiger partial charge in [0.1, 0.15) is 5.82 Å². The summed E-state index contributed by atoms with van der Waals surface area (Å²) in [7, 11) is 0. The number of aryl methyl sites for hydroxylation is 1. The van der Waals surface area contributed by atoms with Crippen LogP contribution in [0, 0.1) is 22.4 Å². The molecule has 1 amide bonds. The van der Waals surface area contributed by atoms with Crippen molar-refractivity contribution in [3.8, 4) is 0 Å². The molecule has 0 bridgehead atoms. The summed E-state index contributed by atoms with van der Waals surface area (Å²) >= 11 is 0. The highest BCUT2D eigenvalue weighted by Crippen LogP contribution is 2.15. The van der Waals surface area contributed by atoms with Crippen molar-refractivity contribution in [2.45, 2.75) is 19.3 Å². The van der Waals surface area contributed by atoms with E-state index in [0.29, 0.717) is 6.07 Å². The highest BCUT2D eigenvalue weighted by Gasteiger charge is 2.10. The molecule has 3 nitrogen and oxygen atoms in total. The van der Waals surface area contributed by atoms with Crippen molar-refractivity contribution in [3.05, 3.63) is 40.1 Å². The van der Waals surface area contributed by atoms with E-state index in [2.05, 4.69) is 5.18 Å². The van der Waals surface area contributed by atoms with Gasteiger partial charge in [0.2, 0.25) is 0 Å². The largest absolute Gasteiger partial charge is 0.286 e. The van der Waals surface area contributed by atoms with Gasteiger partial charge >= 0.3 is 0 Å². The third-order valence-corrected chi connectivity index (χ3v) is 2.03. The Balaban J connectivity index is 2.64. The molecule has 0 radical (unpaired) electrons. The van der Waals surface area contributed by atoms with Crippen LogP contribution in [0.1, 0.15) is 18.4 Å². The zero-order valence-electron chi connectivity index (χ0n) is 8.17. The fraction of sp³-hybridized carbons (Fsp3) is 0.300. The number of nitrogens with zero attached hydrogens (tertiary/aromatic N) is 1. The molecule has 0 saturated heterocycles. The van der Waals surface area contributed by atoms with E-state index >= 15 is 0 Å². The molecule has 1 aromatic carbocycles. The molecular weight excluding hydrogens is 223 g/mol. The van der Waals surface area contributed by atoms with Crippen LogP contribution in [0.2, 0.25) is 0 Å². The Hall–Kier alpha value is -1.72. The topological polar surface area (TPSA) is 46.5 Å². The van der Waals surface area contributed by atoms with Gasteiger partial charge in [-0.3, -0.25) is 4.79 Å². The van der Waals surface area contributed by atoms with Crippen molar-refractivity contribution in [1.82, 2.24) is 0 Å². The smallest absolute Gasteiger partial charge is 0.269 e. The fourth-order valence-corrected chi connectivity index (χ4v) is 1.23. The molecule has 1 aromatic rings. The highest BCUT2D eigenvalue weighted by molar-refractivity contribution is 5.76. The molecule has 0 heterocycles. The summed E-state index contributed by atoms with van der Waals surface area (Å²) in [6.07, 6.45) is 0.0682. The number of hydrogen-bond acceptors (Lipinski definition) is 2. The van der Waals surface area contributed by atoms with E-state index in [1.165, 1.54) is 0 Å².